The summed E-state index contributed by atoms with van der Waals surface area (Å²) in [5.74, 6) is -0.298. The van der Waals surface area contributed by atoms with Crippen LogP contribution in [0.25, 0.3) is 0 Å². The number of nitrogens with two attached hydrogens (primary N) is 1. The Morgan fingerprint density at radius 3 is 2.55 bits per heavy atom. The molecule has 0 spiro atoms. The molecule has 0 bridgehead atoms. The van der Waals surface area contributed by atoms with Gasteiger partial charge in [-0.05, 0) is 5.21 Å². The van der Waals surface area contributed by atoms with Crippen LogP contribution in [0.1, 0.15) is 0 Å². The smallest absolute Gasteiger partial charge is 0.361 e. The summed E-state index contributed by atoms with van der Waals surface area (Å²) in [4.78, 5) is 17.2. The van der Waals surface area contributed by atoms with Gasteiger partial charge >= 0.3 is 7.60 Å². The van der Waals surface area contributed by atoms with E-state index in [0.717, 1.165) is 6.20 Å². The van der Waals surface area contributed by atoms with E-state index in [0.29, 0.717) is 0 Å². The van der Waals surface area contributed by atoms with Crippen molar-refractivity contribution in [2.75, 3.05) is 5.73 Å². The fraction of sp³-hybridized carbons (Fsp3) is 0. The molecule has 0 aliphatic heterocycles. The standard InChI is InChI=1S/C3H5N4O3P/c4-3-2(11(8,9)10)1-5-7-6-3/h1H,(H2,4,5,6)(H2,8,9,10). The van der Waals surface area contributed by atoms with Crippen LogP contribution in [-0.2, 0) is 4.57 Å². The lowest BCUT2D eigenvalue weighted by molar-refractivity contribution is 0.387. The first-order valence-corrected chi connectivity index (χ1v) is 4.13. The van der Waals surface area contributed by atoms with Crippen LogP contribution in [0.15, 0.2) is 6.20 Å². The Balaban J connectivity index is 3.25. The molecule has 1 aromatic heterocycles. The van der Waals surface area contributed by atoms with Crippen molar-refractivity contribution in [1.29, 1.82) is 0 Å². The fourth-order valence-electron chi connectivity index (χ4n) is 0.496. The first kappa shape index (κ1) is 8.06. The molecule has 4 N–H and O–H groups in total. The molecule has 0 saturated heterocycles. The number of hydrogen-bond donors (Lipinski definition) is 3. The number of aromatic nitrogens is 3. The summed E-state index contributed by atoms with van der Waals surface area (Å²) in [5, 5.41) is 9.04. The lowest BCUT2D eigenvalue weighted by Gasteiger charge is -2.02. The predicted octanol–water partition coefficient (Wildman–Crippen LogP) is -1.74. The van der Waals surface area contributed by atoms with Crippen LogP contribution in [0.4, 0.5) is 5.82 Å². The second-order valence-electron chi connectivity index (χ2n) is 1.75. The average molecular weight is 176 g/mol. The topological polar surface area (TPSA) is 122 Å². The van der Waals surface area contributed by atoms with Crippen LogP contribution in [0.2, 0.25) is 0 Å². The van der Waals surface area contributed by atoms with E-state index in [9.17, 15) is 4.57 Å². The monoisotopic (exact) mass is 176 g/mol. The van der Waals surface area contributed by atoms with E-state index in [1.807, 2.05) is 0 Å². The molecule has 0 saturated carbocycles. The van der Waals surface area contributed by atoms with Crippen molar-refractivity contribution in [3.8, 4) is 0 Å². The van der Waals surface area contributed by atoms with Gasteiger partial charge in [0.1, 0.15) is 5.30 Å². The summed E-state index contributed by atoms with van der Waals surface area (Å²) in [5.41, 5.74) is 5.10. The summed E-state index contributed by atoms with van der Waals surface area (Å²) in [6, 6.07) is 0. The van der Waals surface area contributed by atoms with Crippen molar-refractivity contribution in [1.82, 2.24) is 15.4 Å². The maximum Gasteiger partial charge on any atom is 0.361 e. The molecule has 8 heteroatoms. The SMILES string of the molecule is Nc1nnncc1P(=O)(O)O. The van der Waals surface area contributed by atoms with Gasteiger partial charge in [-0.2, -0.15) is 0 Å². The van der Waals surface area contributed by atoms with Crippen molar-refractivity contribution in [3.05, 3.63) is 6.20 Å². The van der Waals surface area contributed by atoms with Gasteiger partial charge in [0.05, 0.1) is 6.20 Å². The molecule has 1 rings (SSSR count). The van der Waals surface area contributed by atoms with Crippen molar-refractivity contribution in [3.63, 3.8) is 0 Å². The minimum absolute atomic E-state index is 0.298. The highest BCUT2D eigenvalue weighted by Crippen LogP contribution is 2.33. The van der Waals surface area contributed by atoms with Crippen LogP contribution < -0.4 is 11.0 Å². The van der Waals surface area contributed by atoms with Crippen LogP contribution >= 0.6 is 7.60 Å². The quantitative estimate of drug-likeness (QED) is 0.434. The normalized spacial score (nSPS) is 11.5. The Kier molecular flexibility index (Phi) is 1.86. The second-order valence-corrected chi connectivity index (χ2v) is 3.32. The maximum absolute atomic E-state index is 10.6. The Hall–Kier alpha value is -1.04. The molecule has 0 atom stereocenters. The van der Waals surface area contributed by atoms with Gasteiger partial charge in [-0.25, -0.2) is 0 Å². The van der Waals surface area contributed by atoms with Crippen LogP contribution in [0, 0.1) is 0 Å². The van der Waals surface area contributed by atoms with E-state index < -0.39 is 12.9 Å². The van der Waals surface area contributed by atoms with Crippen molar-refractivity contribution >= 4 is 18.7 Å². The summed E-state index contributed by atoms with van der Waals surface area (Å²) < 4.78 is 10.6. The maximum atomic E-state index is 10.6. The van der Waals surface area contributed by atoms with Crippen LogP contribution in [-0.4, -0.2) is 25.2 Å². The number of nitrogens with zero attached hydrogens (tertiary/aromatic N) is 3. The number of rotatable bonds is 1. The van der Waals surface area contributed by atoms with Crippen molar-refractivity contribution < 1.29 is 14.4 Å². The van der Waals surface area contributed by atoms with Gasteiger partial charge in [-0.1, -0.05) is 0 Å². The predicted molar refractivity (Wildman–Crippen MR) is 35.9 cm³/mol. The highest BCUT2D eigenvalue weighted by atomic mass is 31.2. The zero-order valence-corrected chi connectivity index (χ0v) is 6.14. The molecule has 0 amide bonds. The van der Waals surface area contributed by atoms with Gasteiger partial charge in [-0.3, -0.25) is 4.57 Å². The molecule has 0 aliphatic rings. The Morgan fingerprint density at radius 2 is 2.18 bits per heavy atom. The molecular formula is C3H5N4O3P. The van der Waals surface area contributed by atoms with Gasteiger partial charge in [0.15, 0.2) is 5.82 Å². The molecule has 0 unspecified atom stereocenters. The van der Waals surface area contributed by atoms with Crippen molar-refractivity contribution in [2.24, 2.45) is 0 Å². The van der Waals surface area contributed by atoms with E-state index >= 15 is 0 Å². The third-order valence-corrected chi connectivity index (χ3v) is 1.93. The molecule has 1 aromatic rings. The molecule has 0 aliphatic carbocycles. The first-order valence-electron chi connectivity index (χ1n) is 2.52. The largest absolute Gasteiger partial charge is 0.381 e. The molecule has 0 fully saturated rings. The van der Waals surface area contributed by atoms with E-state index in [2.05, 4.69) is 15.4 Å². The molecular weight excluding hydrogens is 171 g/mol. The summed E-state index contributed by atoms with van der Waals surface area (Å²) >= 11 is 0. The third-order valence-electron chi connectivity index (χ3n) is 0.960. The van der Waals surface area contributed by atoms with E-state index in [4.69, 9.17) is 15.5 Å². The first-order chi connectivity index (χ1) is 5.02. The lowest BCUT2D eigenvalue weighted by atomic mass is 10.6. The van der Waals surface area contributed by atoms with Gasteiger partial charge in [-0.15, -0.1) is 10.2 Å². The lowest BCUT2D eigenvalue weighted by Crippen LogP contribution is -2.14. The molecule has 60 valence electrons. The number of anilines is 1. The number of hydrogen-bond acceptors (Lipinski definition) is 5. The fourth-order valence-corrected chi connectivity index (χ4v) is 1.04. The second kappa shape index (κ2) is 2.54. The van der Waals surface area contributed by atoms with Gasteiger partial charge in [0, 0.05) is 0 Å². The van der Waals surface area contributed by atoms with E-state index in [-0.39, 0.29) is 5.82 Å². The highest BCUT2D eigenvalue weighted by Gasteiger charge is 2.21. The molecule has 0 radical (unpaired) electrons. The average Bonchev–Trinajstić information content (AvgIpc) is 1.86. The highest BCUT2D eigenvalue weighted by molar-refractivity contribution is 7.60. The van der Waals surface area contributed by atoms with Gasteiger partial charge in [0.25, 0.3) is 0 Å². The summed E-state index contributed by atoms with van der Waals surface area (Å²) in [7, 11) is -4.35. The van der Waals surface area contributed by atoms with E-state index in [1.54, 1.807) is 0 Å². The Morgan fingerprint density at radius 1 is 1.55 bits per heavy atom. The Labute approximate surface area is 61.4 Å². The minimum Gasteiger partial charge on any atom is -0.381 e. The minimum atomic E-state index is -4.35. The third kappa shape index (κ3) is 1.70. The van der Waals surface area contributed by atoms with Crippen LogP contribution in [0.3, 0.4) is 0 Å². The molecule has 0 aromatic carbocycles. The van der Waals surface area contributed by atoms with E-state index in [1.165, 1.54) is 0 Å². The number of nitrogen functional groups attached to an aromatic ring is 1. The Bertz CT molecular complexity index is 309. The zero-order valence-electron chi connectivity index (χ0n) is 5.25. The summed E-state index contributed by atoms with van der Waals surface area (Å²) in [6.45, 7) is 0. The molecule has 1 heterocycles. The summed E-state index contributed by atoms with van der Waals surface area (Å²) in [6.07, 6.45) is 0.892. The molecule has 11 heavy (non-hydrogen) atoms. The zero-order chi connectivity index (χ0) is 8.48. The molecule has 7 nitrogen and oxygen atoms in total. The van der Waals surface area contributed by atoms with Crippen molar-refractivity contribution in [2.45, 2.75) is 0 Å². The van der Waals surface area contributed by atoms with Crippen LogP contribution in [0.5, 0.6) is 0 Å². The van der Waals surface area contributed by atoms with Gasteiger partial charge < -0.3 is 15.5 Å². The van der Waals surface area contributed by atoms with Gasteiger partial charge in [0.2, 0.25) is 0 Å².